The van der Waals surface area contributed by atoms with Gasteiger partial charge in [0.25, 0.3) is 0 Å². The molecule has 0 aliphatic carbocycles. The molecule has 2 nitrogen and oxygen atoms in total. The lowest BCUT2D eigenvalue weighted by Gasteiger charge is -2.09. The highest BCUT2D eigenvalue weighted by atomic mass is 35.6. The number of rotatable bonds is 5. The SMILES string of the molecule is ClC(Cl)(Cl)CCCCSc1nc2ccccc2[nH]1. The lowest BCUT2D eigenvalue weighted by Crippen LogP contribution is -2.01. The first-order valence-electron chi connectivity index (χ1n) is 5.69. The van der Waals surface area contributed by atoms with Crippen molar-refractivity contribution >= 4 is 57.6 Å². The fraction of sp³-hybridized carbons (Fsp3) is 0.417. The molecule has 0 aliphatic heterocycles. The third-order valence-corrected chi connectivity index (χ3v) is 3.99. The maximum absolute atomic E-state index is 5.69. The van der Waals surface area contributed by atoms with Crippen LogP contribution in [0.15, 0.2) is 29.4 Å². The molecule has 1 heterocycles. The van der Waals surface area contributed by atoms with E-state index in [4.69, 9.17) is 34.8 Å². The van der Waals surface area contributed by atoms with Crippen LogP contribution in [0, 0.1) is 0 Å². The summed E-state index contributed by atoms with van der Waals surface area (Å²) in [5.74, 6) is 0.973. The Hall–Kier alpha value is -0.0900. The molecule has 6 heteroatoms. The molecule has 1 N–H and O–H groups in total. The van der Waals surface area contributed by atoms with Gasteiger partial charge in [-0.3, -0.25) is 0 Å². The van der Waals surface area contributed by atoms with E-state index in [0.29, 0.717) is 6.42 Å². The minimum absolute atomic E-state index is 0.596. The van der Waals surface area contributed by atoms with Crippen molar-refractivity contribution in [3.05, 3.63) is 24.3 Å². The van der Waals surface area contributed by atoms with Gasteiger partial charge in [0.2, 0.25) is 0 Å². The molecule has 0 unspecified atom stereocenters. The summed E-state index contributed by atoms with van der Waals surface area (Å²) in [6, 6.07) is 8.00. The summed E-state index contributed by atoms with van der Waals surface area (Å²) in [5, 5.41) is 0.949. The molecule has 1 aromatic heterocycles. The van der Waals surface area contributed by atoms with E-state index in [1.54, 1.807) is 11.8 Å². The van der Waals surface area contributed by atoms with Crippen molar-refractivity contribution in [1.29, 1.82) is 0 Å². The van der Waals surface area contributed by atoms with Crippen molar-refractivity contribution in [2.24, 2.45) is 0 Å². The summed E-state index contributed by atoms with van der Waals surface area (Å²) < 4.78 is -1.12. The van der Waals surface area contributed by atoms with Gasteiger partial charge in [-0.2, -0.15) is 0 Å². The first-order valence-corrected chi connectivity index (χ1v) is 7.81. The molecule has 98 valence electrons. The number of fused-ring (bicyclic) bond motifs is 1. The van der Waals surface area contributed by atoms with Crippen LogP contribution in [0.3, 0.4) is 0 Å². The average molecular weight is 324 g/mol. The van der Waals surface area contributed by atoms with Crippen LogP contribution in [0.4, 0.5) is 0 Å². The van der Waals surface area contributed by atoms with Crippen LogP contribution in [0.2, 0.25) is 0 Å². The van der Waals surface area contributed by atoms with Gasteiger partial charge in [-0.05, 0) is 31.4 Å². The van der Waals surface area contributed by atoms with Crippen LogP contribution in [-0.2, 0) is 0 Å². The zero-order valence-corrected chi connectivity index (χ0v) is 12.7. The van der Waals surface area contributed by atoms with Gasteiger partial charge in [-0.1, -0.05) is 58.7 Å². The van der Waals surface area contributed by atoms with E-state index >= 15 is 0 Å². The van der Waals surface area contributed by atoms with Crippen LogP contribution in [0.25, 0.3) is 11.0 Å². The molecular weight excluding hydrogens is 311 g/mol. The lowest BCUT2D eigenvalue weighted by atomic mass is 10.3. The summed E-state index contributed by atoms with van der Waals surface area (Å²) in [6.07, 6.45) is 2.51. The normalized spacial score (nSPS) is 12.2. The van der Waals surface area contributed by atoms with Crippen LogP contribution in [0.5, 0.6) is 0 Å². The summed E-state index contributed by atoms with van der Waals surface area (Å²) >= 11 is 18.8. The molecule has 0 bridgehead atoms. The van der Waals surface area contributed by atoms with E-state index < -0.39 is 3.79 Å². The topological polar surface area (TPSA) is 28.7 Å². The smallest absolute Gasteiger partial charge is 0.190 e. The molecule has 0 aliphatic rings. The number of benzene rings is 1. The van der Waals surface area contributed by atoms with Gasteiger partial charge >= 0.3 is 0 Å². The molecule has 0 atom stereocenters. The fourth-order valence-electron chi connectivity index (χ4n) is 1.59. The number of nitrogens with zero attached hydrogens (tertiary/aromatic N) is 1. The Bertz CT molecular complexity index is 474. The number of hydrogen-bond donors (Lipinski definition) is 1. The first-order chi connectivity index (χ1) is 8.54. The highest BCUT2D eigenvalue weighted by molar-refractivity contribution is 7.99. The monoisotopic (exact) mass is 322 g/mol. The third-order valence-electron chi connectivity index (χ3n) is 2.46. The van der Waals surface area contributed by atoms with Gasteiger partial charge in [-0.15, -0.1) is 0 Å². The molecule has 0 saturated carbocycles. The maximum Gasteiger partial charge on any atom is 0.190 e. The van der Waals surface area contributed by atoms with E-state index in [2.05, 4.69) is 9.97 Å². The van der Waals surface area contributed by atoms with Crippen molar-refractivity contribution in [1.82, 2.24) is 9.97 Å². The van der Waals surface area contributed by atoms with Gasteiger partial charge in [0, 0.05) is 5.75 Å². The third kappa shape index (κ3) is 4.54. The van der Waals surface area contributed by atoms with Crippen LogP contribution >= 0.6 is 46.6 Å². The number of aromatic nitrogens is 2. The number of hydrogen-bond acceptors (Lipinski definition) is 2. The number of nitrogens with one attached hydrogen (secondary N) is 1. The quantitative estimate of drug-likeness (QED) is 0.465. The predicted molar refractivity (Wildman–Crippen MR) is 81.0 cm³/mol. The Morgan fingerprint density at radius 3 is 2.67 bits per heavy atom. The molecular formula is C12H13Cl3N2S. The summed E-state index contributed by atoms with van der Waals surface area (Å²) in [7, 11) is 0. The van der Waals surface area contributed by atoms with Gasteiger partial charge in [-0.25, -0.2) is 4.98 Å². The molecule has 2 aromatic rings. The lowest BCUT2D eigenvalue weighted by molar-refractivity contribution is 0.738. The number of unbranched alkanes of at least 4 members (excludes halogenated alkanes) is 1. The number of thioether (sulfide) groups is 1. The number of H-pyrrole nitrogens is 1. The molecule has 2 rings (SSSR count). The highest BCUT2D eigenvalue weighted by Crippen LogP contribution is 2.32. The van der Waals surface area contributed by atoms with Gasteiger partial charge < -0.3 is 4.98 Å². The van der Waals surface area contributed by atoms with Gasteiger partial charge in [0.1, 0.15) is 0 Å². The second-order valence-corrected chi connectivity index (χ2v) is 7.58. The zero-order chi connectivity index (χ0) is 13.0. The van der Waals surface area contributed by atoms with E-state index in [1.807, 2.05) is 24.3 Å². The number of alkyl halides is 3. The Morgan fingerprint density at radius 2 is 1.94 bits per heavy atom. The molecule has 0 saturated heterocycles. The van der Waals surface area contributed by atoms with Crippen molar-refractivity contribution in [2.75, 3.05) is 5.75 Å². The molecule has 0 amide bonds. The largest absolute Gasteiger partial charge is 0.333 e. The molecule has 0 spiro atoms. The highest BCUT2D eigenvalue weighted by Gasteiger charge is 2.18. The Labute approximate surface area is 125 Å². The maximum atomic E-state index is 5.69. The predicted octanol–water partition coefficient (Wildman–Crippen LogP) is 5.20. The summed E-state index contributed by atoms with van der Waals surface area (Å²) in [5.41, 5.74) is 2.07. The van der Waals surface area contributed by atoms with Crippen LogP contribution in [0.1, 0.15) is 19.3 Å². The number of aromatic amines is 1. The first kappa shape index (κ1) is 14.3. The summed E-state index contributed by atoms with van der Waals surface area (Å²) in [4.78, 5) is 7.76. The standard InChI is InChI=1S/C12H13Cl3N2S/c13-12(14,15)7-3-4-8-18-11-16-9-5-1-2-6-10(9)17-11/h1-2,5-6H,3-4,7-8H2,(H,16,17). The van der Waals surface area contributed by atoms with Crippen molar-refractivity contribution in [2.45, 2.75) is 28.2 Å². The molecule has 18 heavy (non-hydrogen) atoms. The van der Waals surface area contributed by atoms with Crippen molar-refractivity contribution in [3.63, 3.8) is 0 Å². The Kier molecular flexibility index (Phi) is 5.07. The second-order valence-electron chi connectivity index (χ2n) is 3.98. The number of para-hydroxylation sites is 2. The van der Waals surface area contributed by atoms with E-state index in [0.717, 1.165) is 34.8 Å². The van der Waals surface area contributed by atoms with Gasteiger partial charge in [0.05, 0.1) is 11.0 Å². The van der Waals surface area contributed by atoms with E-state index in [9.17, 15) is 0 Å². The number of imidazole rings is 1. The van der Waals surface area contributed by atoms with E-state index in [-0.39, 0.29) is 0 Å². The summed E-state index contributed by atoms with van der Waals surface area (Å²) in [6.45, 7) is 0. The minimum Gasteiger partial charge on any atom is -0.333 e. The van der Waals surface area contributed by atoms with Crippen LogP contribution < -0.4 is 0 Å². The number of halogens is 3. The Balaban J connectivity index is 1.77. The molecule has 0 fully saturated rings. The van der Waals surface area contributed by atoms with E-state index in [1.165, 1.54) is 0 Å². The molecule has 1 aromatic carbocycles. The average Bonchev–Trinajstić information content (AvgIpc) is 2.69. The van der Waals surface area contributed by atoms with Crippen LogP contribution in [-0.4, -0.2) is 19.5 Å². The van der Waals surface area contributed by atoms with Gasteiger partial charge in [0.15, 0.2) is 8.95 Å². The zero-order valence-electron chi connectivity index (χ0n) is 9.63. The minimum atomic E-state index is -1.12. The van der Waals surface area contributed by atoms with Crippen molar-refractivity contribution < 1.29 is 0 Å². The fourth-order valence-corrected chi connectivity index (χ4v) is 2.88. The Morgan fingerprint density at radius 1 is 1.17 bits per heavy atom. The molecule has 0 radical (unpaired) electrons. The van der Waals surface area contributed by atoms with Crippen molar-refractivity contribution in [3.8, 4) is 0 Å². The second kappa shape index (κ2) is 6.38.